The quantitative estimate of drug-likeness (QED) is 0.748. The van der Waals surface area contributed by atoms with Gasteiger partial charge in [0.25, 0.3) is 5.91 Å². The van der Waals surface area contributed by atoms with E-state index < -0.39 is 15.9 Å². The van der Waals surface area contributed by atoms with Crippen LogP contribution in [0.25, 0.3) is 0 Å². The fraction of sp³-hybridized carbons (Fsp3) is 0.333. The normalized spacial score (nSPS) is 13.9. The van der Waals surface area contributed by atoms with Gasteiger partial charge >= 0.3 is 0 Å². The van der Waals surface area contributed by atoms with E-state index in [1.807, 2.05) is 19.0 Å². The summed E-state index contributed by atoms with van der Waals surface area (Å²) in [6.07, 6.45) is 3.18. The number of benzene rings is 1. The van der Waals surface area contributed by atoms with Crippen molar-refractivity contribution >= 4 is 27.4 Å². The standard InChI is InChI=1S/C18H22N4O4S/c1-22(2)17-9-7-14(11-19-17)20-18(23)12-4-8-15(26-3)16(10-12)27(24,25)21-13-5-6-13/h4,7-11,13,21H,5-6H2,1-3H3,(H,20,23). The van der Waals surface area contributed by atoms with E-state index in [1.54, 1.807) is 18.3 Å². The lowest BCUT2D eigenvalue weighted by Crippen LogP contribution is -2.26. The van der Waals surface area contributed by atoms with Gasteiger partial charge in [0, 0.05) is 25.7 Å². The van der Waals surface area contributed by atoms with Gasteiger partial charge in [-0.25, -0.2) is 18.1 Å². The Morgan fingerprint density at radius 2 is 1.96 bits per heavy atom. The molecule has 2 N–H and O–H groups in total. The van der Waals surface area contributed by atoms with Crippen LogP contribution < -0.4 is 19.7 Å². The van der Waals surface area contributed by atoms with Crippen molar-refractivity contribution in [2.75, 3.05) is 31.4 Å². The van der Waals surface area contributed by atoms with E-state index in [9.17, 15) is 13.2 Å². The van der Waals surface area contributed by atoms with Gasteiger partial charge in [-0.15, -0.1) is 0 Å². The number of pyridine rings is 1. The van der Waals surface area contributed by atoms with E-state index in [0.717, 1.165) is 18.7 Å². The molecule has 0 bridgehead atoms. The van der Waals surface area contributed by atoms with E-state index in [2.05, 4.69) is 15.0 Å². The number of hydrogen-bond acceptors (Lipinski definition) is 6. The number of ether oxygens (including phenoxy) is 1. The summed E-state index contributed by atoms with van der Waals surface area (Å²) in [7, 11) is 1.38. The topological polar surface area (TPSA) is 101 Å². The maximum absolute atomic E-state index is 12.6. The Bertz CT molecular complexity index is 938. The molecule has 144 valence electrons. The van der Waals surface area contributed by atoms with Crippen LogP contribution in [0, 0.1) is 0 Å². The molecule has 1 fully saturated rings. The van der Waals surface area contributed by atoms with E-state index in [1.165, 1.54) is 25.3 Å². The SMILES string of the molecule is COc1ccc(C(=O)Nc2ccc(N(C)C)nc2)cc1S(=O)(=O)NC1CC1. The van der Waals surface area contributed by atoms with Crippen LogP contribution in [-0.4, -0.2) is 46.6 Å². The third kappa shape index (κ3) is 4.55. The van der Waals surface area contributed by atoms with Crippen LogP contribution in [-0.2, 0) is 10.0 Å². The van der Waals surface area contributed by atoms with Gasteiger partial charge in [-0.1, -0.05) is 0 Å². The first-order chi connectivity index (χ1) is 12.8. The van der Waals surface area contributed by atoms with Gasteiger partial charge in [-0.2, -0.15) is 0 Å². The van der Waals surface area contributed by atoms with Crippen LogP contribution in [0.4, 0.5) is 11.5 Å². The van der Waals surface area contributed by atoms with Crippen molar-refractivity contribution in [3.63, 3.8) is 0 Å². The van der Waals surface area contributed by atoms with Gasteiger partial charge in [0.05, 0.1) is 19.0 Å². The van der Waals surface area contributed by atoms with Crippen LogP contribution in [0.3, 0.4) is 0 Å². The predicted molar refractivity (Wildman–Crippen MR) is 103 cm³/mol. The fourth-order valence-corrected chi connectivity index (χ4v) is 3.94. The van der Waals surface area contributed by atoms with E-state index in [4.69, 9.17) is 4.74 Å². The molecule has 1 aliphatic carbocycles. The lowest BCUT2D eigenvalue weighted by atomic mass is 10.2. The van der Waals surface area contributed by atoms with Gasteiger partial charge in [-0.3, -0.25) is 4.79 Å². The van der Waals surface area contributed by atoms with Crippen molar-refractivity contribution in [2.45, 2.75) is 23.8 Å². The number of carbonyl (C=O) groups is 1. The predicted octanol–water partition coefficient (Wildman–Crippen LogP) is 1.85. The lowest BCUT2D eigenvalue weighted by molar-refractivity contribution is 0.102. The highest BCUT2D eigenvalue weighted by Gasteiger charge is 2.30. The van der Waals surface area contributed by atoms with E-state index >= 15 is 0 Å². The number of nitrogens with zero attached hydrogens (tertiary/aromatic N) is 2. The zero-order chi connectivity index (χ0) is 19.6. The molecule has 27 heavy (non-hydrogen) atoms. The average Bonchev–Trinajstić information content (AvgIpc) is 3.44. The first-order valence-corrected chi connectivity index (χ1v) is 9.93. The molecule has 0 radical (unpaired) electrons. The van der Waals surface area contributed by atoms with Crippen LogP contribution in [0.15, 0.2) is 41.4 Å². The van der Waals surface area contributed by atoms with Crippen molar-refractivity contribution in [2.24, 2.45) is 0 Å². The second kappa shape index (κ2) is 7.53. The van der Waals surface area contributed by atoms with Gasteiger partial charge in [0.1, 0.15) is 16.5 Å². The summed E-state index contributed by atoms with van der Waals surface area (Å²) in [6.45, 7) is 0. The summed E-state index contributed by atoms with van der Waals surface area (Å²) in [5.41, 5.74) is 0.727. The fourth-order valence-electron chi connectivity index (χ4n) is 2.44. The summed E-state index contributed by atoms with van der Waals surface area (Å²) in [4.78, 5) is 18.6. The second-order valence-electron chi connectivity index (χ2n) is 6.51. The van der Waals surface area contributed by atoms with Gasteiger partial charge in [0.15, 0.2) is 0 Å². The van der Waals surface area contributed by atoms with Crippen molar-refractivity contribution < 1.29 is 17.9 Å². The number of amides is 1. The van der Waals surface area contributed by atoms with Crippen LogP contribution in [0.2, 0.25) is 0 Å². The zero-order valence-corrected chi connectivity index (χ0v) is 16.2. The highest BCUT2D eigenvalue weighted by Crippen LogP contribution is 2.28. The van der Waals surface area contributed by atoms with Crippen molar-refractivity contribution in [3.8, 4) is 5.75 Å². The number of aromatic nitrogens is 1. The molecule has 1 aliphatic rings. The lowest BCUT2D eigenvalue weighted by Gasteiger charge is -2.13. The minimum Gasteiger partial charge on any atom is -0.495 e. The van der Waals surface area contributed by atoms with Crippen molar-refractivity contribution in [1.82, 2.24) is 9.71 Å². The highest BCUT2D eigenvalue weighted by molar-refractivity contribution is 7.89. The molecule has 0 aliphatic heterocycles. The van der Waals surface area contributed by atoms with Gasteiger partial charge in [0.2, 0.25) is 10.0 Å². The number of anilines is 2. The summed E-state index contributed by atoms with van der Waals surface area (Å²) >= 11 is 0. The van der Waals surface area contributed by atoms with Crippen molar-refractivity contribution in [1.29, 1.82) is 0 Å². The maximum atomic E-state index is 12.6. The molecule has 1 heterocycles. The molecule has 8 nitrogen and oxygen atoms in total. The Hall–Kier alpha value is -2.65. The summed E-state index contributed by atoms with van der Waals surface area (Å²) < 4.78 is 32.9. The van der Waals surface area contributed by atoms with E-state index in [0.29, 0.717) is 5.69 Å². The Morgan fingerprint density at radius 3 is 2.52 bits per heavy atom. The van der Waals surface area contributed by atoms with Crippen molar-refractivity contribution in [3.05, 3.63) is 42.1 Å². The Morgan fingerprint density at radius 1 is 1.22 bits per heavy atom. The van der Waals surface area contributed by atoms with Gasteiger partial charge < -0.3 is 15.0 Å². The Kier molecular flexibility index (Phi) is 5.33. The molecule has 1 aromatic heterocycles. The Labute approximate surface area is 158 Å². The molecule has 9 heteroatoms. The molecule has 0 spiro atoms. The first-order valence-electron chi connectivity index (χ1n) is 8.45. The number of hydrogen-bond donors (Lipinski definition) is 2. The number of carbonyl (C=O) groups excluding carboxylic acids is 1. The van der Waals surface area contributed by atoms with Gasteiger partial charge in [-0.05, 0) is 43.2 Å². The summed E-state index contributed by atoms with van der Waals surface area (Å²) in [5.74, 6) is 0.522. The third-order valence-electron chi connectivity index (χ3n) is 4.08. The molecule has 0 unspecified atom stereocenters. The molecule has 3 rings (SSSR count). The highest BCUT2D eigenvalue weighted by atomic mass is 32.2. The monoisotopic (exact) mass is 390 g/mol. The second-order valence-corrected chi connectivity index (χ2v) is 8.20. The van der Waals surface area contributed by atoms with E-state index in [-0.39, 0.29) is 22.3 Å². The molecule has 0 atom stereocenters. The minimum atomic E-state index is -3.76. The number of nitrogens with one attached hydrogen (secondary N) is 2. The molecule has 1 saturated carbocycles. The average molecular weight is 390 g/mol. The smallest absolute Gasteiger partial charge is 0.255 e. The molecule has 0 saturated heterocycles. The minimum absolute atomic E-state index is 0.0431. The van der Waals surface area contributed by atoms with Crippen LogP contribution in [0.1, 0.15) is 23.2 Å². The molecule has 2 aromatic rings. The largest absolute Gasteiger partial charge is 0.495 e. The maximum Gasteiger partial charge on any atom is 0.255 e. The van der Waals surface area contributed by atoms with Crippen LogP contribution in [0.5, 0.6) is 5.75 Å². The first kappa shape index (κ1) is 19.1. The third-order valence-corrected chi connectivity index (χ3v) is 5.62. The number of sulfonamides is 1. The summed E-state index contributed by atoms with van der Waals surface area (Å²) in [6, 6.07) is 7.78. The molecular weight excluding hydrogens is 368 g/mol. The number of methoxy groups -OCH3 is 1. The number of rotatable bonds is 7. The Balaban J connectivity index is 1.83. The molecular formula is C18H22N4O4S. The molecule has 1 amide bonds. The summed E-state index contributed by atoms with van der Waals surface area (Å²) in [5, 5.41) is 2.72. The van der Waals surface area contributed by atoms with Crippen LogP contribution >= 0.6 is 0 Å². The zero-order valence-electron chi connectivity index (χ0n) is 15.4. The molecule has 1 aromatic carbocycles.